The minimum absolute atomic E-state index is 0. The van der Waals surface area contributed by atoms with Gasteiger partial charge in [-0.25, -0.2) is 0 Å². The van der Waals surface area contributed by atoms with Gasteiger partial charge in [-0.05, 0) is 55.2 Å². The standard InChI is InChI=1S/C29H30F9N3O2.2ClH/c30-27(31,32)20-3-1-18(2-4-20)11-23-15-39(7-8-40-16-24-5-6-25(17-40)43-24)9-10-41(23)26(42)19-12-21(28(33,34)35)14-22(13-19)29(36,37)38;;/h1-4,12-14,23-25H,5-11,15-17H2;2*1H/t23-,24?,25?;;/m1../s1. The second-order valence-electron chi connectivity index (χ2n) is 11.4. The van der Waals surface area contributed by atoms with Crippen molar-refractivity contribution in [1.29, 1.82) is 0 Å². The highest BCUT2D eigenvalue weighted by Crippen LogP contribution is 2.37. The summed E-state index contributed by atoms with van der Waals surface area (Å²) >= 11 is 0. The molecule has 0 aliphatic carbocycles. The lowest BCUT2D eigenvalue weighted by molar-refractivity contribution is -0.143. The Labute approximate surface area is 266 Å². The summed E-state index contributed by atoms with van der Waals surface area (Å²) in [5.74, 6) is -1.00. The summed E-state index contributed by atoms with van der Waals surface area (Å²) in [6.45, 7) is 3.50. The highest BCUT2D eigenvalue weighted by atomic mass is 35.5. The maximum absolute atomic E-state index is 13.5. The van der Waals surface area contributed by atoms with Gasteiger partial charge in [0.2, 0.25) is 0 Å². The second-order valence-corrected chi connectivity index (χ2v) is 11.4. The van der Waals surface area contributed by atoms with Crippen molar-refractivity contribution in [3.05, 3.63) is 70.3 Å². The molecule has 252 valence electrons. The number of carbonyl (C=O) groups excluding carboxylic acids is 1. The van der Waals surface area contributed by atoms with Crippen molar-refractivity contribution in [2.24, 2.45) is 0 Å². The number of piperazine rings is 1. The summed E-state index contributed by atoms with van der Waals surface area (Å²) in [6.07, 6.45) is -12.3. The van der Waals surface area contributed by atoms with E-state index in [1.807, 2.05) is 0 Å². The van der Waals surface area contributed by atoms with E-state index in [-0.39, 0.29) is 62.6 Å². The van der Waals surface area contributed by atoms with Crippen LogP contribution in [0.25, 0.3) is 0 Å². The average Bonchev–Trinajstić information content (AvgIpc) is 3.27. The van der Waals surface area contributed by atoms with E-state index >= 15 is 0 Å². The second kappa shape index (κ2) is 14.2. The summed E-state index contributed by atoms with van der Waals surface area (Å²) in [6, 6.07) is 4.40. The van der Waals surface area contributed by atoms with Gasteiger partial charge in [0.15, 0.2) is 0 Å². The highest BCUT2D eigenvalue weighted by molar-refractivity contribution is 5.95. The highest BCUT2D eigenvalue weighted by Gasteiger charge is 2.40. The summed E-state index contributed by atoms with van der Waals surface area (Å²) in [5.41, 5.74) is -4.36. The molecule has 2 aromatic rings. The number of likely N-dealkylation sites (tertiary alicyclic amines) is 1. The van der Waals surface area contributed by atoms with E-state index in [9.17, 15) is 44.3 Å². The van der Waals surface area contributed by atoms with Gasteiger partial charge in [-0.15, -0.1) is 24.8 Å². The predicted octanol–water partition coefficient (Wildman–Crippen LogP) is 6.82. The summed E-state index contributed by atoms with van der Waals surface area (Å²) in [7, 11) is 0. The van der Waals surface area contributed by atoms with E-state index in [0.29, 0.717) is 37.3 Å². The molecular formula is C29H32Cl2F9N3O2. The third kappa shape index (κ3) is 9.18. The van der Waals surface area contributed by atoms with Crippen molar-refractivity contribution < 1.29 is 49.0 Å². The molecule has 0 aromatic heterocycles. The third-order valence-corrected chi connectivity index (χ3v) is 8.27. The molecule has 5 rings (SSSR count). The molecule has 3 aliphatic heterocycles. The molecule has 0 N–H and O–H groups in total. The van der Waals surface area contributed by atoms with Crippen LogP contribution in [0.4, 0.5) is 39.5 Å². The van der Waals surface area contributed by atoms with Crippen molar-refractivity contribution in [2.45, 2.75) is 56.0 Å². The zero-order valence-electron chi connectivity index (χ0n) is 23.7. The number of carbonyl (C=O) groups is 1. The number of hydrogen-bond donors (Lipinski definition) is 0. The molecule has 3 aliphatic rings. The maximum Gasteiger partial charge on any atom is 0.416 e. The fourth-order valence-electron chi connectivity index (χ4n) is 6.08. The molecular weight excluding hydrogens is 664 g/mol. The molecule has 5 nitrogen and oxygen atoms in total. The number of ether oxygens (including phenoxy) is 1. The number of amides is 1. The first-order valence-corrected chi connectivity index (χ1v) is 13.9. The quantitative estimate of drug-likeness (QED) is 0.311. The third-order valence-electron chi connectivity index (χ3n) is 8.27. The van der Waals surface area contributed by atoms with Gasteiger partial charge < -0.3 is 9.64 Å². The van der Waals surface area contributed by atoms with Gasteiger partial charge in [-0.2, -0.15) is 39.5 Å². The van der Waals surface area contributed by atoms with Gasteiger partial charge in [0.05, 0.1) is 28.9 Å². The Kier molecular flexibility index (Phi) is 11.8. The van der Waals surface area contributed by atoms with E-state index in [1.54, 1.807) is 0 Å². The van der Waals surface area contributed by atoms with Crippen LogP contribution < -0.4 is 0 Å². The Morgan fingerprint density at radius 3 is 1.71 bits per heavy atom. The summed E-state index contributed by atoms with van der Waals surface area (Å²) < 4.78 is 126. The van der Waals surface area contributed by atoms with Crippen molar-refractivity contribution in [1.82, 2.24) is 14.7 Å². The van der Waals surface area contributed by atoms with Crippen LogP contribution in [-0.4, -0.2) is 84.7 Å². The molecule has 0 saturated carbocycles. The van der Waals surface area contributed by atoms with E-state index in [2.05, 4.69) is 9.80 Å². The minimum atomic E-state index is -5.12. The van der Waals surface area contributed by atoms with Crippen LogP contribution in [0, 0.1) is 0 Å². The van der Waals surface area contributed by atoms with Crippen LogP contribution >= 0.6 is 24.8 Å². The first-order chi connectivity index (χ1) is 20.1. The number of alkyl halides is 9. The molecule has 1 amide bonds. The first kappa shape index (κ1) is 37.2. The van der Waals surface area contributed by atoms with Gasteiger partial charge in [-0.3, -0.25) is 14.6 Å². The minimum Gasteiger partial charge on any atom is -0.372 e. The monoisotopic (exact) mass is 695 g/mol. The number of rotatable bonds is 6. The molecule has 3 saturated heterocycles. The number of hydrogen-bond acceptors (Lipinski definition) is 4. The van der Waals surface area contributed by atoms with Crippen LogP contribution in [0.2, 0.25) is 0 Å². The molecule has 3 fully saturated rings. The van der Waals surface area contributed by atoms with Crippen molar-refractivity contribution in [3.63, 3.8) is 0 Å². The largest absolute Gasteiger partial charge is 0.416 e. The van der Waals surface area contributed by atoms with Crippen LogP contribution in [0.5, 0.6) is 0 Å². The Morgan fingerprint density at radius 1 is 0.689 bits per heavy atom. The summed E-state index contributed by atoms with van der Waals surface area (Å²) in [4.78, 5) is 19.1. The molecule has 2 bridgehead atoms. The van der Waals surface area contributed by atoms with Crippen molar-refractivity contribution in [3.8, 4) is 0 Å². The van der Waals surface area contributed by atoms with E-state index in [1.165, 1.54) is 17.0 Å². The van der Waals surface area contributed by atoms with Gasteiger partial charge in [0.1, 0.15) is 0 Å². The van der Waals surface area contributed by atoms with Gasteiger partial charge >= 0.3 is 18.5 Å². The lowest BCUT2D eigenvalue weighted by atomic mass is 9.98. The molecule has 2 unspecified atom stereocenters. The predicted molar refractivity (Wildman–Crippen MR) is 152 cm³/mol. The lowest BCUT2D eigenvalue weighted by Gasteiger charge is -2.43. The Hall–Kier alpha value is -2.26. The van der Waals surface area contributed by atoms with Crippen LogP contribution in [0.3, 0.4) is 0 Å². The zero-order valence-corrected chi connectivity index (χ0v) is 25.4. The Bertz CT molecular complexity index is 1260. The molecule has 3 atom stereocenters. The van der Waals surface area contributed by atoms with Gasteiger partial charge in [-0.1, -0.05) is 12.1 Å². The van der Waals surface area contributed by atoms with Crippen LogP contribution in [0.1, 0.15) is 45.5 Å². The number of halogens is 11. The average molecular weight is 696 g/mol. The normalized spacial score (nSPS) is 23.0. The zero-order chi connectivity index (χ0) is 31.2. The van der Waals surface area contributed by atoms with Crippen molar-refractivity contribution >= 4 is 30.7 Å². The van der Waals surface area contributed by atoms with Crippen LogP contribution in [-0.2, 0) is 29.7 Å². The Morgan fingerprint density at radius 2 is 1.20 bits per heavy atom. The van der Waals surface area contributed by atoms with Gasteiger partial charge in [0.25, 0.3) is 5.91 Å². The number of benzene rings is 2. The molecule has 2 aromatic carbocycles. The summed E-state index contributed by atoms with van der Waals surface area (Å²) in [5, 5.41) is 0. The number of nitrogens with zero attached hydrogens (tertiary/aromatic N) is 3. The van der Waals surface area contributed by atoms with E-state index in [0.717, 1.165) is 38.1 Å². The maximum atomic E-state index is 13.5. The topological polar surface area (TPSA) is 36.0 Å². The first-order valence-electron chi connectivity index (χ1n) is 13.9. The fraction of sp³-hybridized carbons (Fsp3) is 0.552. The molecule has 16 heteroatoms. The molecule has 0 radical (unpaired) electrons. The molecule has 3 heterocycles. The number of morpholine rings is 1. The smallest absolute Gasteiger partial charge is 0.372 e. The fourth-order valence-corrected chi connectivity index (χ4v) is 6.08. The molecule has 0 spiro atoms. The van der Waals surface area contributed by atoms with E-state index in [4.69, 9.17) is 4.74 Å². The lowest BCUT2D eigenvalue weighted by Crippen LogP contribution is -2.57. The van der Waals surface area contributed by atoms with Crippen molar-refractivity contribution in [2.75, 3.05) is 45.8 Å². The van der Waals surface area contributed by atoms with Crippen LogP contribution in [0.15, 0.2) is 42.5 Å². The molecule has 45 heavy (non-hydrogen) atoms. The Balaban J connectivity index is 0.00000276. The SMILES string of the molecule is Cl.Cl.O=C(c1cc(C(F)(F)F)cc(C(F)(F)F)c1)N1CCN(CCN2CC3CCC(C2)O3)C[C@H]1Cc1ccc(C(F)(F)F)cc1. The van der Waals surface area contributed by atoms with E-state index < -0.39 is 52.7 Å². The van der Waals surface area contributed by atoms with Gasteiger partial charge in [0, 0.05) is 57.4 Å². The number of fused-ring (bicyclic) bond motifs is 2.